The zero-order valence-electron chi connectivity index (χ0n) is 12.2. The SMILES string of the molecule is Cc1cc(C(=O)N(C)C2(C(=O)O)CCCCC2)sc1C. The van der Waals surface area contributed by atoms with E-state index in [1.165, 1.54) is 16.2 Å². The number of aliphatic carboxylic acids is 1. The van der Waals surface area contributed by atoms with E-state index in [0.29, 0.717) is 17.7 Å². The van der Waals surface area contributed by atoms with Crippen LogP contribution in [0.4, 0.5) is 0 Å². The van der Waals surface area contributed by atoms with Crippen LogP contribution in [-0.4, -0.2) is 34.5 Å². The Hall–Kier alpha value is -1.36. The topological polar surface area (TPSA) is 57.6 Å². The average molecular weight is 295 g/mol. The standard InChI is InChI=1S/C15H21NO3S/c1-10-9-12(20-11(10)2)13(17)16(3)15(14(18)19)7-5-4-6-8-15/h9H,4-8H2,1-3H3,(H,18,19). The van der Waals surface area contributed by atoms with Crippen LogP contribution in [0.3, 0.4) is 0 Å². The minimum atomic E-state index is -1.03. The van der Waals surface area contributed by atoms with E-state index < -0.39 is 11.5 Å². The summed E-state index contributed by atoms with van der Waals surface area (Å²) in [5.41, 5.74) is 0.0565. The van der Waals surface area contributed by atoms with E-state index in [0.717, 1.165) is 29.7 Å². The molecule has 1 aromatic rings. The number of aryl methyl sites for hydroxylation is 2. The Morgan fingerprint density at radius 3 is 2.30 bits per heavy atom. The predicted octanol–water partition coefficient (Wildman–Crippen LogP) is 3.22. The minimum Gasteiger partial charge on any atom is -0.479 e. The highest BCUT2D eigenvalue weighted by molar-refractivity contribution is 7.14. The smallest absolute Gasteiger partial charge is 0.329 e. The molecule has 2 rings (SSSR count). The Bertz CT molecular complexity index is 510. The van der Waals surface area contributed by atoms with Crippen molar-refractivity contribution < 1.29 is 14.7 Å². The van der Waals surface area contributed by atoms with Gasteiger partial charge in [-0.15, -0.1) is 11.3 Å². The largest absolute Gasteiger partial charge is 0.479 e. The predicted molar refractivity (Wildman–Crippen MR) is 79.3 cm³/mol. The van der Waals surface area contributed by atoms with Gasteiger partial charge in [0.05, 0.1) is 4.88 Å². The zero-order chi connectivity index (χ0) is 14.9. The summed E-state index contributed by atoms with van der Waals surface area (Å²) in [6.45, 7) is 3.94. The highest BCUT2D eigenvalue weighted by atomic mass is 32.1. The summed E-state index contributed by atoms with van der Waals surface area (Å²) in [7, 11) is 1.63. The molecule has 1 aromatic heterocycles. The van der Waals surface area contributed by atoms with Crippen molar-refractivity contribution in [2.24, 2.45) is 0 Å². The molecular formula is C15H21NO3S. The second-order valence-electron chi connectivity index (χ2n) is 5.61. The normalized spacial score (nSPS) is 17.8. The number of thiophene rings is 1. The van der Waals surface area contributed by atoms with Gasteiger partial charge >= 0.3 is 5.97 Å². The quantitative estimate of drug-likeness (QED) is 0.931. The Kier molecular flexibility index (Phi) is 4.18. The highest BCUT2D eigenvalue weighted by Crippen LogP contribution is 2.35. The zero-order valence-corrected chi connectivity index (χ0v) is 13.0. The molecule has 0 unspecified atom stereocenters. The van der Waals surface area contributed by atoms with Crippen molar-refractivity contribution in [3.63, 3.8) is 0 Å². The van der Waals surface area contributed by atoms with Crippen LogP contribution in [0.1, 0.15) is 52.2 Å². The molecule has 0 spiro atoms. The van der Waals surface area contributed by atoms with Crippen molar-refractivity contribution in [2.75, 3.05) is 7.05 Å². The molecular weight excluding hydrogens is 274 g/mol. The number of carboxylic acid groups (broad SMARTS) is 1. The third kappa shape index (κ3) is 2.46. The number of carbonyl (C=O) groups excluding carboxylic acids is 1. The summed E-state index contributed by atoms with van der Waals surface area (Å²) < 4.78 is 0. The molecule has 20 heavy (non-hydrogen) atoms. The van der Waals surface area contributed by atoms with E-state index in [4.69, 9.17) is 0 Å². The van der Waals surface area contributed by atoms with Gasteiger partial charge in [0, 0.05) is 11.9 Å². The third-order valence-electron chi connectivity index (χ3n) is 4.40. The lowest BCUT2D eigenvalue weighted by Crippen LogP contribution is -2.56. The first-order valence-electron chi connectivity index (χ1n) is 6.97. The molecule has 4 nitrogen and oxygen atoms in total. The number of amides is 1. The summed E-state index contributed by atoms with van der Waals surface area (Å²) in [6.07, 6.45) is 3.88. The van der Waals surface area contributed by atoms with Gasteiger partial charge in [0.1, 0.15) is 5.54 Å². The molecule has 110 valence electrons. The first-order valence-corrected chi connectivity index (χ1v) is 7.79. The van der Waals surface area contributed by atoms with E-state index in [1.54, 1.807) is 7.05 Å². The molecule has 1 amide bonds. The first-order chi connectivity index (χ1) is 9.38. The summed E-state index contributed by atoms with van der Waals surface area (Å²) in [4.78, 5) is 27.5. The summed E-state index contributed by atoms with van der Waals surface area (Å²) in [5, 5.41) is 9.62. The number of hydrogen-bond acceptors (Lipinski definition) is 3. The second-order valence-corrected chi connectivity index (χ2v) is 6.87. The number of carboxylic acids is 1. The lowest BCUT2D eigenvalue weighted by molar-refractivity contribution is -0.151. The van der Waals surface area contributed by atoms with Gasteiger partial charge < -0.3 is 10.0 Å². The summed E-state index contributed by atoms with van der Waals surface area (Å²) >= 11 is 1.44. The minimum absolute atomic E-state index is 0.171. The second kappa shape index (κ2) is 5.56. The molecule has 0 saturated heterocycles. The molecule has 1 aliphatic carbocycles. The van der Waals surface area contributed by atoms with Crippen molar-refractivity contribution in [1.82, 2.24) is 4.90 Å². The molecule has 0 bridgehead atoms. The molecule has 1 fully saturated rings. The Balaban J connectivity index is 2.29. The van der Waals surface area contributed by atoms with Crippen molar-refractivity contribution in [3.8, 4) is 0 Å². The highest BCUT2D eigenvalue weighted by Gasteiger charge is 2.45. The van der Waals surface area contributed by atoms with Gasteiger partial charge in [0.25, 0.3) is 5.91 Å². The van der Waals surface area contributed by atoms with Crippen LogP contribution in [0.25, 0.3) is 0 Å². The molecule has 1 saturated carbocycles. The Morgan fingerprint density at radius 1 is 1.25 bits per heavy atom. The summed E-state index contributed by atoms with van der Waals surface area (Å²) in [6, 6.07) is 1.86. The monoisotopic (exact) mass is 295 g/mol. The molecule has 0 aliphatic heterocycles. The molecule has 1 heterocycles. The maximum absolute atomic E-state index is 12.6. The molecule has 5 heteroatoms. The molecule has 1 N–H and O–H groups in total. The van der Waals surface area contributed by atoms with Crippen molar-refractivity contribution in [3.05, 3.63) is 21.4 Å². The van der Waals surface area contributed by atoms with Crippen LogP contribution in [-0.2, 0) is 4.79 Å². The number of nitrogens with zero attached hydrogens (tertiary/aromatic N) is 1. The van der Waals surface area contributed by atoms with Gasteiger partial charge in [0.15, 0.2) is 0 Å². The van der Waals surface area contributed by atoms with Gasteiger partial charge in [-0.3, -0.25) is 4.79 Å². The fourth-order valence-electron chi connectivity index (χ4n) is 2.87. The third-order valence-corrected chi connectivity index (χ3v) is 5.54. The lowest BCUT2D eigenvalue weighted by Gasteiger charge is -2.40. The Labute approximate surface area is 123 Å². The van der Waals surface area contributed by atoms with Crippen LogP contribution < -0.4 is 0 Å². The number of hydrogen-bond donors (Lipinski definition) is 1. The number of likely N-dealkylation sites (N-methyl/N-ethyl adjacent to an activating group) is 1. The molecule has 1 aliphatic rings. The Morgan fingerprint density at radius 2 is 1.85 bits per heavy atom. The van der Waals surface area contributed by atoms with Gasteiger partial charge in [-0.05, 0) is 38.3 Å². The number of carbonyl (C=O) groups is 2. The van der Waals surface area contributed by atoms with Gasteiger partial charge in [-0.2, -0.15) is 0 Å². The van der Waals surface area contributed by atoms with Crippen molar-refractivity contribution in [2.45, 2.75) is 51.5 Å². The van der Waals surface area contributed by atoms with Gasteiger partial charge in [-0.1, -0.05) is 19.3 Å². The first kappa shape index (κ1) is 15.0. The summed E-state index contributed by atoms with van der Waals surface area (Å²) in [5.74, 6) is -1.05. The molecule has 0 atom stereocenters. The maximum atomic E-state index is 12.6. The van der Waals surface area contributed by atoms with E-state index >= 15 is 0 Å². The van der Waals surface area contributed by atoms with E-state index in [1.807, 2.05) is 19.9 Å². The van der Waals surface area contributed by atoms with Crippen LogP contribution in [0.5, 0.6) is 0 Å². The average Bonchev–Trinajstić information content (AvgIpc) is 2.77. The van der Waals surface area contributed by atoms with Crippen LogP contribution in [0, 0.1) is 13.8 Å². The molecule has 0 aromatic carbocycles. The fourth-order valence-corrected chi connectivity index (χ4v) is 3.88. The van der Waals surface area contributed by atoms with Crippen molar-refractivity contribution in [1.29, 1.82) is 0 Å². The van der Waals surface area contributed by atoms with Crippen LogP contribution in [0.15, 0.2) is 6.07 Å². The maximum Gasteiger partial charge on any atom is 0.329 e. The van der Waals surface area contributed by atoms with Gasteiger partial charge in [-0.25, -0.2) is 4.79 Å². The van der Waals surface area contributed by atoms with E-state index in [-0.39, 0.29) is 5.91 Å². The van der Waals surface area contributed by atoms with Crippen LogP contribution in [0.2, 0.25) is 0 Å². The van der Waals surface area contributed by atoms with Crippen LogP contribution >= 0.6 is 11.3 Å². The van der Waals surface area contributed by atoms with E-state index in [2.05, 4.69) is 0 Å². The lowest BCUT2D eigenvalue weighted by atomic mass is 9.80. The van der Waals surface area contributed by atoms with Crippen molar-refractivity contribution >= 4 is 23.2 Å². The number of rotatable bonds is 3. The van der Waals surface area contributed by atoms with E-state index in [9.17, 15) is 14.7 Å². The fraction of sp³-hybridized carbons (Fsp3) is 0.600. The molecule has 0 radical (unpaired) electrons. The van der Waals surface area contributed by atoms with Gasteiger partial charge in [0.2, 0.25) is 0 Å².